The lowest BCUT2D eigenvalue weighted by Crippen LogP contribution is -2.15. The molecular weight excluding hydrogens is 376 g/mol. The number of benzene rings is 2. The molecule has 29 heavy (non-hydrogen) atoms. The summed E-state index contributed by atoms with van der Waals surface area (Å²) in [6, 6.07) is 9.63. The van der Waals surface area contributed by atoms with Gasteiger partial charge in [0.25, 0.3) is 0 Å². The van der Waals surface area contributed by atoms with Crippen LogP contribution in [0.5, 0.6) is 23.0 Å². The molecule has 2 aromatic carbocycles. The molecular formula is C22H26O7. The summed E-state index contributed by atoms with van der Waals surface area (Å²) in [5, 5.41) is 0. The van der Waals surface area contributed by atoms with E-state index in [1.165, 1.54) is 14.2 Å². The third kappa shape index (κ3) is 5.88. The van der Waals surface area contributed by atoms with Gasteiger partial charge in [0.05, 0.1) is 38.6 Å². The molecule has 0 bridgehead atoms. The molecule has 0 unspecified atom stereocenters. The number of esters is 1. The van der Waals surface area contributed by atoms with Crippen LogP contribution < -0.4 is 18.9 Å². The molecule has 0 aliphatic carbocycles. The van der Waals surface area contributed by atoms with Crippen LogP contribution in [0.4, 0.5) is 0 Å². The molecule has 0 heterocycles. The van der Waals surface area contributed by atoms with Crippen LogP contribution in [0.3, 0.4) is 0 Å². The van der Waals surface area contributed by atoms with Gasteiger partial charge in [-0.1, -0.05) is 6.92 Å². The lowest BCUT2D eigenvalue weighted by atomic mass is 10.1. The Labute approximate surface area is 170 Å². The number of methoxy groups -OCH3 is 2. The maximum atomic E-state index is 12.5. The first kappa shape index (κ1) is 22.1. The lowest BCUT2D eigenvalue weighted by Gasteiger charge is -2.13. The minimum absolute atomic E-state index is 0.266. The number of ketones is 1. The lowest BCUT2D eigenvalue weighted by molar-refractivity contribution is 0.0473. The summed E-state index contributed by atoms with van der Waals surface area (Å²) < 4.78 is 26.7. The summed E-state index contributed by atoms with van der Waals surface area (Å²) in [4.78, 5) is 24.9. The van der Waals surface area contributed by atoms with Crippen LogP contribution in [0.2, 0.25) is 0 Å². The summed E-state index contributed by atoms with van der Waals surface area (Å²) in [6.07, 6.45) is 0.852. The number of hydrogen-bond donors (Lipinski definition) is 0. The molecule has 0 aliphatic rings. The number of hydrogen-bond acceptors (Lipinski definition) is 7. The minimum atomic E-state index is -0.636. The van der Waals surface area contributed by atoms with Crippen molar-refractivity contribution in [1.82, 2.24) is 0 Å². The van der Waals surface area contributed by atoms with E-state index >= 15 is 0 Å². The monoisotopic (exact) mass is 402 g/mol. The molecule has 0 spiro atoms. The van der Waals surface area contributed by atoms with Crippen molar-refractivity contribution in [2.45, 2.75) is 20.3 Å². The van der Waals surface area contributed by atoms with Crippen molar-refractivity contribution < 1.29 is 33.3 Å². The molecule has 0 aliphatic heterocycles. The van der Waals surface area contributed by atoms with E-state index in [1.54, 1.807) is 36.4 Å². The molecule has 0 N–H and O–H groups in total. The quantitative estimate of drug-likeness (QED) is 0.416. The summed E-state index contributed by atoms with van der Waals surface area (Å²) >= 11 is 0. The third-order valence-corrected chi connectivity index (χ3v) is 3.98. The van der Waals surface area contributed by atoms with Crippen LogP contribution in [0.15, 0.2) is 36.4 Å². The first-order valence-electron chi connectivity index (χ1n) is 9.36. The van der Waals surface area contributed by atoms with Crippen molar-refractivity contribution in [3.63, 3.8) is 0 Å². The standard InChI is InChI=1S/C22H26O7/c1-5-11-28-20-9-7-15(12-21(20)27-6-2)22(24)29-14-18(23)17-13-16(25-3)8-10-19(17)26-4/h7-10,12-13H,5-6,11,14H2,1-4H3. The maximum absolute atomic E-state index is 12.5. The fraction of sp³-hybridized carbons (Fsp3) is 0.364. The van der Waals surface area contributed by atoms with Crippen molar-refractivity contribution in [2.24, 2.45) is 0 Å². The van der Waals surface area contributed by atoms with Gasteiger partial charge in [0.2, 0.25) is 5.78 Å². The molecule has 0 atom stereocenters. The first-order chi connectivity index (χ1) is 14.0. The minimum Gasteiger partial charge on any atom is -0.497 e. The highest BCUT2D eigenvalue weighted by atomic mass is 16.5. The van der Waals surface area contributed by atoms with E-state index in [-0.39, 0.29) is 11.1 Å². The number of carbonyl (C=O) groups is 2. The van der Waals surface area contributed by atoms with E-state index in [1.807, 2.05) is 13.8 Å². The van der Waals surface area contributed by atoms with E-state index in [0.717, 1.165) is 6.42 Å². The van der Waals surface area contributed by atoms with Crippen LogP contribution >= 0.6 is 0 Å². The van der Waals surface area contributed by atoms with Gasteiger partial charge in [-0.15, -0.1) is 0 Å². The Bertz CT molecular complexity index is 845. The Kier molecular flexibility index (Phi) is 8.33. The van der Waals surface area contributed by atoms with Crippen molar-refractivity contribution in [3.05, 3.63) is 47.5 Å². The number of ether oxygens (including phenoxy) is 5. The predicted octanol–water partition coefficient (Wildman–Crippen LogP) is 3.93. The highest BCUT2D eigenvalue weighted by Gasteiger charge is 2.18. The fourth-order valence-corrected chi connectivity index (χ4v) is 2.56. The summed E-state index contributed by atoms with van der Waals surface area (Å²) in [5.74, 6) is 0.858. The topological polar surface area (TPSA) is 80.3 Å². The molecule has 2 rings (SSSR count). The van der Waals surface area contributed by atoms with Crippen LogP contribution in [-0.2, 0) is 4.74 Å². The van der Waals surface area contributed by atoms with Crippen LogP contribution in [-0.4, -0.2) is 45.8 Å². The normalized spacial score (nSPS) is 10.2. The van der Waals surface area contributed by atoms with E-state index < -0.39 is 18.4 Å². The van der Waals surface area contributed by atoms with E-state index in [4.69, 9.17) is 23.7 Å². The SMILES string of the molecule is CCCOc1ccc(C(=O)OCC(=O)c2cc(OC)ccc2OC)cc1OCC. The van der Waals surface area contributed by atoms with Gasteiger partial charge in [0.1, 0.15) is 11.5 Å². The van der Waals surface area contributed by atoms with Gasteiger partial charge in [-0.05, 0) is 49.7 Å². The van der Waals surface area contributed by atoms with Crippen molar-refractivity contribution in [2.75, 3.05) is 34.0 Å². The van der Waals surface area contributed by atoms with Crippen LogP contribution in [0.1, 0.15) is 41.0 Å². The number of carbonyl (C=O) groups excluding carboxylic acids is 2. The first-order valence-corrected chi connectivity index (χ1v) is 9.36. The Morgan fingerprint density at radius 3 is 2.28 bits per heavy atom. The summed E-state index contributed by atoms with van der Waals surface area (Å²) in [6.45, 7) is 4.38. The highest BCUT2D eigenvalue weighted by Crippen LogP contribution is 2.29. The van der Waals surface area contributed by atoms with E-state index in [0.29, 0.717) is 36.2 Å². The highest BCUT2D eigenvalue weighted by molar-refractivity contribution is 6.01. The maximum Gasteiger partial charge on any atom is 0.338 e. The van der Waals surface area contributed by atoms with Gasteiger partial charge >= 0.3 is 5.97 Å². The largest absolute Gasteiger partial charge is 0.497 e. The second kappa shape index (κ2) is 10.9. The van der Waals surface area contributed by atoms with Gasteiger partial charge in [0, 0.05) is 0 Å². The summed E-state index contributed by atoms with van der Waals surface area (Å²) in [7, 11) is 2.96. The van der Waals surface area contributed by atoms with Gasteiger partial charge in [-0.2, -0.15) is 0 Å². The molecule has 0 saturated carbocycles. The zero-order valence-corrected chi connectivity index (χ0v) is 17.2. The Morgan fingerprint density at radius 1 is 0.862 bits per heavy atom. The average Bonchev–Trinajstić information content (AvgIpc) is 2.75. The molecule has 0 amide bonds. The molecule has 7 nitrogen and oxygen atoms in total. The molecule has 156 valence electrons. The van der Waals surface area contributed by atoms with E-state index in [2.05, 4.69) is 0 Å². The molecule has 0 fully saturated rings. The Morgan fingerprint density at radius 2 is 1.62 bits per heavy atom. The smallest absolute Gasteiger partial charge is 0.338 e. The molecule has 0 saturated heterocycles. The Hall–Kier alpha value is -3.22. The predicted molar refractivity (Wildman–Crippen MR) is 108 cm³/mol. The van der Waals surface area contributed by atoms with Crippen molar-refractivity contribution >= 4 is 11.8 Å². The second-order valence-electron chi connectivity index (χ2n) is 6.01. The van der Waals surface area contributed by atoms with Gasteiger partial charge in [-0.3, -0.25) is 4.79 Å². The van der Waals surface area contributed by atoms with Gasteiger partial charge in [-0.25, -0.2) is 4.79 Å². The van der Waals surface area contributed by atoms with Crippen molar-refractivity contribution in [3.8, 4) is 23.0 Å². The molecule has 7 heteroatoms. The van der Waals surface area contributed by atoms with Gasteiger partial charge < -0.3 is 23.7 Å². The van der Waals surface area contributed by atoms with Crippen LogP contribution in [0, 0.1) is 0 Å². The second-order valence-corrected chi connectivity index (χ2v) is 6.01. The zero-order chi connectivity index (χ0) is 21.2. The molecule has 0 radical (unpaired) electrons. The average molecular weight is 402 g/mol. The zero-order valence-electron chi connectivity index (χ0n) is 17.2. The number of rotatable bonds is 11. The number of Topliss-reactive ketones (excluding diaryl/α,β-unsaturated/α-hetero) is 1. The van der Waals surface area contributed by atoms with Crippen LogP contribution in [0.25, 0.3) is 0 Å². The van der Waals surface area contributed by atoms with Crippen molar-refractivity contribution in [1.29, 1.82) is 0 Å². The Balaban J connectivity index is 2.10. The summed E-state index contributed by atoms with van der Waals surface area (Å²) in [5.41, 5.74) is 0.542. The van der Waals surface area contributed by atoms with E-state index in [9.17, 15) is 9.59 Å². The van der Waals surface area contributed by atoms with Gasteiger partial charge in [0.15, 0.2) is 18.1 Å². The third-order valence-electron chi connectivity index (χ3n) is 3.98. The molecule has 2 aromatic rings. The molecule has 0 aromatic heterocycles. The fourth-order valence-electron chi connectivity index (χ4n) is 2.56.